The molecule has 3 rings (SSSR count). The lowest BCUT2D eigenvalue weighted by molar-refractivity contribution is 0.423. The Balaban J connectivity index is 2.03. The van der Waals surface area contributed by atoms with E-state index in [1.165, 1.54) is 23.5 Å². The van der Waals surface area contributed by atoms with Gasteiger partial charge in [0.15, 0.2) is 16.5 Å². The molecule has 4 nitrogen and oxygen atoms in total. The van der Waals surface area contributed by atoms with Crippen LogP contribution in [0.1, 0.15) is 12.6 Å². The van der Waals surface area contributed by atoms with Crippen molar-refractivity contribution in [2.75, 3.05) is 0 Å². The van der Waals surface area contributed by atoms with Crippen LogP contribution in [-0.2, 0) is 6.42 Å². The predicted octanol–water partition coefficient (Wildman–Crippen LogP) is 3.87. The Labute approximate surface area is 129 Å². The first-order chi connectivity index (χ1) is 10.1. The molecule has 1 atom stereocenters. The molecule has 0 spiro atoms. The van der Waals surface area contributed by atoms with Crippen LogP contribution in [0.2, 0.25) is 5.02 Å². The zero-order chi connectivity index (χ0) is 15.0. The maximum Gasteiger partial charge on any atom is 0.242 e. The molecular weight excluding hydrogens is 313 g/mol. The number of nitrogens with zero attached hydrogens (tertiary/aromatic N) is 2. The number of benzene rings is 1. The molecule has 0 radical (unpaired) electrons. The quantitative estimate of drug-likeness (QED) is 0.792. The van der Waals surface area contributed by atoms with Gasteiger partial charge < -0.3 is 10.5 Å². The molecule has 0 aliphatic heterocycles. The molecule has 1 aromatic carbocycles. The van der Waals surface area contributed by atoms with Crippen LogP contribution in [-0.4, -0.2) is 15.4 Å². The summed E-state index contributed by atoms with van der Waals surface area (Å²) in [7, 11) is 0. The summed E-state index contributed by atoms with van der Waals surface area (Å²) in [5.74, 6) is -0.179. The van der Waals surface area contributed by atoms with Gasteiger partial charge >= 0.3 is 0 Å². The average Bonchev–Trinajstić information content (AvgIpc) is 2.98. The number of hydrogen-bond donors (Lipinski definition) is 1. The zero-order valence-electron chi connectivity index (χ0n) is 11.2. The van der Waals surface area contributed by atoms with E-state index in [0.29, 0.717) is 12.3 Å². The highest BCUT2D eigenvalue weighted by Gasteiger charge is 2.18. The van der Waals surface area contributed by atoms with E-state index in [1.807, 2.05) is 22.9 Å². The lowest BCUT2D eigenvalue weighted by Gasteiger charge is -2.09. The van der Waals surface area contributed by atoms with Crippen LogP contribution >= 0.6 is 22.9 Å². The smallest absolute Gasteiger partial charge is 0.242 e. The number of imidazole rings is 1. The van der Waals surface area contributed by atoms with Crippen LogP contribution in [0.3, 0.4) is 0 Å². The topological polar surface area (TPSA) is 52.5 Å². The van der Waals surface area contributed by atoms with Gasteiger partial charge in [0.05, 0.1) is 10.7 Å². The monoisotopic (exact) mass is 325 g/mol. The van der Waals surface area contributed by atoms with Crippen LogP contribution in [0, 0.1) is 5.82 Å². The number of nitrogens with two attached hydrogens (primary N) is 1. The van der Waals surface area contributed by atoms with E-state index in [1.54, 1.807) is 6.07 Å². The second kappa shape index (κ2) is 5.63. The van der Waals surface area contributed by atoms with Crippen molar-refractivity contribution in [1.29, 1.82) is 0 Å². The van der Waals surface area contributed by atoms with Crippen LogP contribution < -0.4 is 10.5 Å². The highest BCUT2D eigenvalue weighted by atomic mass is 35.5. The third-order valence-electron chi connectivity index (χ3n) is 2.96. The first-order valence-corrected chi connectivity index (χ1v) is 7.64. The van der Waals surface area contributed by atoms with E-state index < -0.39 is 5.82 Å². The first kappa shape index (κ1) is 14.3. The molecular formula is C14H13ClFN3OS. The van der Waals surface area contributed by atoms with Crippen molar-refractivity contribution in [2.24, 2.45) is 5.73 Å². The number of ether oxygens (including phenoxy) is 1. The summed E-state index contributed by atoms with van der Waals surface area (Å²) in [6, 6.07) is 4.56. The van der Waals surface area contributed by atoms with Crippen LogP contribution in [0.5, 0.6) is 11.6 Å². The minimum Gasteiger partial charge on any atom is -0.434 e. The van der Waals surface area contributed by atoms with Crippen molar-refractivity contribution < 1.29 is 9.13 Å². The number of rotatable bonds is 4. The van der Waals surface area contributed by atoms with Gasteiger partial charge in [-0.3, -0.25) is 4.40 Å². The number of hydrogen-bond acceptors (Lipinski definition) is 4. The standard InChI is InChI=1S/C14H13ClFN3OS/c1-8(17)7-10-13(18-14-19(10)5-6-21-14)20-11-4-2-3-9(15)12(11)16/h2-6,8H,7,17H2,1H3. The van der Waals surface area contributed by atoms with Crippen LogP contribution in [0.25, 0.3) is 4.96 Å². The highest BCUT2D eigenvalue weighted by molar-refractivity contribution is 7.15. The molecule has 2 heterocycles. The molecule has 3 aromatic rings. The molecule has 110 valence electrons. The van der Waals surface area contributed by atoms with E-state index in [0.717, 1.165) is 10.7 Å². The Morgan fingerprint density at radius 2 is 2.33 bits per heavy atom. The predicted molar refractivity (Wildman–Crippen MR) is 81.9 cm³/mol. The largest absolute Gasteiger partial charge is 0.434 e. The molecule has 0 saturated heterocycles. The fourth-order valence-corrected chi connectivity index (χ4v) is 2.94. The van der Waals surface area contributed by atoms with E-state index >= 15 is 0 Å². The molecule has 0 saturated carbocycles. The van der Waals surface area contributed by atoms with Gasteiger partial charge in [-0.05, 0) is 19.1 Å². The molecule has 0 bridgehead atoms. The summed E-state index contributed by atoms with van der Waals surface area (Å²) < 4.78 is 21.5. The molecule has 0 aliphatic carbocycles. The Morgan fingerprint density at radius 3 is 3.10 bits per heavy atom. The second-order valence-corrected chi connectivity index (χ2v) is 6.03. The van der Waals surface area contributed by atoms with E-state index in [-0.39, 0.29) is 16.8 Å². The molecule has 0 aliphatic rings. The van der Waals surface area contributed by atoms with Gasteiger partial charge in [-0.25, -0.2) is 4.39 Å². The number of halogens is 2. The maximum atomic E-state index is 13.9. The van der Waals surface area contributed by atoms with Crippen molar-refractivity contribution in [3.63, 3.8) is 0 Å². The summed E-state index contributed by atoms with van der Waals surface area (Å²) >= 11 is 7.24. The van der Waals surface area contributed by atoms with Gasteiger partial charge in [0, 0.05) is 24.0 Å². The summed E-state index contributed by atoms with van der Waals surface area (Å²) in [5, 5.41) is 1.94. The van der Waals surface area contributed by atoms with Crippen molar-refractivity contribution in [3.05, 3.63) is 46.3 Å². The summed E-state index contributed by atoms with van der Waals surface area (Å²) in [6.45, 7) is 1.90. The fourth-order valence-electron chi connectivity index (χ4n) is 2.05. The van der Waals surface area contributed by atoms with Crippen molar-refractivity contribution in [1.82, 2.24) is 9.38 Å². The number of thiazole rings is 1. The molecule has 2 aromatic heterocycles. The molecule has 7 heteroatoms. The summed E-state index contributed by atoms with van der Waals surface area (Å²) in [5.41, 5.74) is 6.69. The lowest BCUT2D eigenvalue weighted by atomic mass is 10.2. The Kier molecular flexibility index (Phi) is 3.84. The van der Waals surface area contributed by atoms with E-state index in [2.05, 4.69) is 4.98 Å². The molecule has 1 unspecified atom stereocenters. The summed E-state index contributed by atoms with van der Waals surface area (Å²) in [4.78, 5) is 5.17. The summed E-state index contributed by atoms with van der Waals surface area (Å²) in [6.07, 6.45) is 2.47. The van der Waals surface area contributed by atoms with Gasteiger partial charge in [-0.2, -0.15) is 4.98 Å². The molecule has 0 fully saturated rings. The van der Waals surface area contributed by atoms with Gasteiger partial charge in [-0.1, -0.05) is 17.7 Å². The van der Waals surface area contributed by atoms with Gasteiger partial charge in [0.25, 0.3) is 0 Å². The van der Waals surface area contributed by atoms with Crippen molar-refractivity contribution >= 4 is 27.9 Å². The minimum absolute atomic E-state index is 0.0160. The Bertz CT molecular complexity index is 784. The Hall–Kier alpha value is -1.63. The van der Waals surface area contributed by atoms with E-state index in [4.69, 9.17) is 22.1 Å². The first-order valence-electron chi connectivity index (χ1n) is 6.38. The number of aromatic nitrogens is 2. The molecule has 0 amide bonds. The Morgan fingerprint density at radius 1 is 1.52 bits per heavy atom. The lowest BCUT2D eigenvalue weighted by Crippen LogP contribution is -2.19. The minimum atomic E-state index is -0.595. The van der Waals surface area contributed by atoms with Gasteiger partial charge in [0.2, 0.25) is 5.88 Å². The molecule has 21 heavy (non-hydrogen) atoms. The average molecular weight is 326 g/mol. The number of fused-ring (bicyclic) bond motifs is 1. The molecule has 2 N–H and O–H groups in total. The third kappa shape index (κ3) is 2.74. The fraction of sp³-hybridized carbons (Fsp3) is 0.214. The van der Waals surface area contributed by atoms with Crippen LogP contribution in [0.15, 0.2) is 29.8 Å². The van der Waals surface area contributed by atoms with Crippen LogP contribution in [0.4, 0.5) is 4.39 Å². The van der Waals surface area contributed by atoms with Crippen molar-refractivity contribution in [2.45, 2.75) is 19.4 Å². The third-order valence-corrected chi connectivity index (χ3v) is 4.01. The normalized spacial score (nSPS) is 12.8. The second-order valence-electron chi connectivity index (χ2n) is 4.75. The van der Waals surface area contributed by atoms with E-state index in [9.17, 15) is 4.39 Å². The van der Waals surface area contributed by atoms with Gasteiger partial charge in [0.1, 0.15) is 0 Å². The maximum absolute atomic E-state index is 13.9. The highest BCUT2D eigenvalue weighted by Crippen LogP contribution is 2.32. The van der Waals surface area contributed by atoms with Gasteiger partial charge in [-0.15, -0.1) is 11.3 Å². The van der Waals surface area contributed by atoms with Crippen molar-refractivity contribution in [3.8, 4) is 11.6 Å². The SMILES string of the molecule is CC(N)Cc1c(Oc2cccc(Cl)c2F)nc2sccn12. The zero-order valence-corrected chi connectivity index (χ0v) is 12.8.